The number of pyridine rings is 1. The largest absolute Gasteiger partial charge is 0.416 e. The summed E-state index contributed by atoms with van der Waals surface area (Å²) in [7, 11) is 0. The lowest BCUT2D eigenvalue weighted by Gasteiger charge is -2.21. The van der Waals surface area contributed by atoms with Gasteiger partial charge in [0.25, 0.3) is 0 Å². The molecule has 1 atom stereocenters. The van der Waals surface area contributed by atoms with Gasteiger partial charge in [0, 0.05) is 11.9 Å². The SMILES string of the molecule is Cc1c([C@@H](C)Nc2nc(NCCO)nc3cnc(Cl)cc23)cccc1C(F)(F)F. The summed E-state index contributed by atoms with van der Waals surface area (Å²) in [5.41, 5.74) is 0.474. The molecule has 10 heteroatoms. The molecule has 0 aliphatic carbocycles. The predicted molar refractivity (Wildman–Crippen MR) is 106 cm³/mol. The zero-order valence-corrected chi connectivity index (χ0v) is 16.4. The number of fused-ring (bicyclic) bond motifs is 1. The van der Waals surface area contributed by atoms with Gasteiger partial charge in [-0.15, -0.1) is 0 Å². The molecule has 0 fully saturated rings. The Morgan fingerprint density at radius 1 is 1.24 bits per heavy atom. The lowest BCUT2D eigenvalue weighted by molar-refractivity contribution is -0.138. The molecule has 29 heavy (non-hydrogen) atoms. The third-order valence-corrected chi connectivity index (χ3v) is 4.65. The predicted octanol–water partition coefficient (Wildman–Crippen LogP) is 4.58. The molecule has 0 saturated heterocycles. The van der Waals surface area contributed by atoms with Gasteiger partial charge in [0.1, 0.15) is 11.0 Å². The van der Waals surface area contributed by atoms with Crippen LogP contribution < -0.4 is 10.6 Å². The number of rotatable bonds is 6. The first kappa shape index (κ1) is 21.1. The third-order valence-electron chi connectivity index (χ3n) is 4.44. The van der Waals surface area contributed by atoms with E-state index in [0.717, 1.165) is 6.07 Å². The number of hydrogen-bond acceptors (Lipinski definition) is 6. The molecule has 3 rings (SSSR count). The van der Waals surface area contributed by atoms with Gasteiger partial charge < -0.3 is 15.7 Å². The van der Waals surface area contributed by atoms with Crippen molar-refractivity contribution in [3.8, 4) is 0 Å². The second-order valence-electron chi connectivity index (χ2n) is 6.45. The lowest BCUT2D eigenvalue weighted by Crippen LogP contribution is -2.15. The molecule has 0 aliphatic rings. The van der Waals surface area contributed by atoms with Crippen molar-refractivity contribution >= 4 is 34.3 Å². The smallest absolute Gasteiger partial charge is 0.395 e. The van der Waals surface area contributed by atoms with Gasteiger partial charge >= 0.3 is 6.18 Å². The van der Waals surface area contributed by atoms with Crippen molar-refractivity contribution < 1.29 is 18.3 Å². The highest BCUT2D eigenvalue weighted by Gasteiger charge is 2.33. The monoisotopic (exact) mass is 425 g/mol. The van der Waals surface area contributed by atoms with Crippen LogP contribution in [0.2, 0.25) is 5.15 Å². The minimum Gasteiger partial charge on any atom is -0.395 e. The van der Waals surface area contributed by atoms with Gasteiger partial charge in [-0.05, 0) is 37.1 Å². The number of benzene rings is 1. The summed E-state index contributed by atoms with van der Waals surface area (Å²) in [6.07, 6.45) is -2.95. The normalized spacial score (nSPS) is 12.8. The highest BCUT2D eigenvalue weighted by atomic mass is 35.5. The Morgan fingerprint density at radius 3 is 2.69 bits per heavy atom. The number of alkyl halides is 3. The first-order valence-corrected chi connectivity index (χ1v) is 9.19. The van der Waals surface area contributed by atoms with E-state index >= 15 is 0 Å². The second kappa shape index (κ2) is 8.38. The number of anilines is 2. The van der Waals surface area contributed by atoms with E-state index < -0.39 is 17.8 Å². The van der Waals surface area contributed by atoms with Crippen molar-refractivity contribution in [2.75, 3.05) is 23.8 Å². The number of nitrogens with zero attached hydrogens (tertiary/aromatic N) is 3. The molecule has 3 N–H and O–H groups in total. The fourth-order valence-corrected chi connectivity index (χ4v) is 3.23. The number of halogens is 4. The third kappa shape index (κ3) is 4.68. The molecular weight excluding hydrogens is 407 g/mol. The maximum atomic E-state index is 13.3. The van der Waals surface area contributed by atoms with Crippen LogP contribution in [-0.2, 0) is 6.18 Å². The van der Waals surface area contributed by atoms with Crippen molar-refractivity contribution in [1.29, 1.82) is 0 Å². The van der Waals surface area contributed by atoms with Crippen LogP contribution in [0.15, 0.2) is 30.5 Å². The van der Waals surface area contributed by atoms with Crippen LogP contribution in [0.4, 0.5) is 24.9 Å². The minimum atomic E-state index is -4.43. The molecule has 0 unspecified atom stereocenters. The Kier molecular flexibility index (Phi) is 6.09. The maximum Gasteiger partial charge on any atom is 0.416 e. The van der Waals surface area contributed by atoms with Crippen molar-refractivity contribution in [2.45, 2.75) is 26.1 Å². The Morgan fingerprint density at radius 2 is 2.00 bits per heavy atom. The van der Waals surface area contributed by atoms with E-state index in [-0.39, 0.29) is 29.8 Å². The highest BCUT2D eigenvalue weighted by molar-refractivity contribution is 6.30. The first-order chi connectivity index (χ1) is 13.7. The summed E-state index contributed by atoms with van der Waals surface area (Å²) < 4.78 is 39.8. The number of hydrogen-bond donors (Lipinski definition) is 3. The van der Waals surface area contributed by atoms with Crippen LogP contribution in [-0.4, -0.2) is 33.2 Å². The highest BCUT2D eigenvalue weighted by Crippen LogP contribution is 2.35. The Bertz CT molecular complexity index is 1030. The van der Waals surface area contributed by atoms with Crippen LogP contribution in [0, 0.1) is 6.92 Å². The van der Waals surface area contributed by atoms with Crippen molar-refractivity contribution in [2.24, 2.45) is 0 Å². The van der Waals surface area contributed by atoms with Gasteiger partial charge in [0.2, 0.25) is 5.95 Å². The molecule has 6 nitrogen and oxygen atoms in total. The van der Waals surface area contributed by atoms with Gasteiger partial charge in [0.05, 0.1) is 29.9 Å². The van der Waals surface area contributed by atoms with Crippen LogP contribution in [0.5, 0.6) is 0 Å². The van der Waals surface area contributed by atoms with E-state index in [0.29, 0.717) is 22.3 Å². The standard InChI is InChI=1S/C19H19ClF3N5O/c1-10-12(4-3-5-14(10)19(21,22)23)11(2)26-17-13-8-16(20)25-9-15(13)27-18(28-17)24-6-7-29/h3-5,8-9,11,29H,6-7H2,1-2H3,(H2,24,26,27,28)/t11-/m1/s1. The molecule has 0 amide bonds. The van der Waals surface area contributed by atoms with Gasteiger partial charge in [-0.1, -0.05) is 23.7 Å². The van der Waals surface area contributed by atoms with Crippen molar-refractivity contribution in [3.05, 3.63) is 52.3 Å². The van der Waals surface area contributed by atoms with Gasteiger partial charge in [-0.25, -0.2) is 9.97 Å². The fourth-order valence-electron chi connectivity index (χ4n) is 3.08. The number of aliphatic hydroxyl groups excluding tert-OH is 1. The summed E-state index contributed by atoms with van der Waals surface area (Å²) in [5.74, 6) is 0.648. The quantitative estimate of drug-likeness (QED) is 0.501. The molecule has 0 saturated carbocycles. The molecule has 0 aliphatic heterocycles. The molecule has 154 valence electrons. The molecule has 2 aromatic heterocycles. The molecule has 3 aromatic rings. The van der Waals surface area contributed by atoms with E-state index in [1.807, 2.05) is 0 Å². The molecule has 0 radical (unpaired) electrons. The fraction of sp³-hybridized carbons (Fsp3) is 0.316. The summed E-state index contributed by atoms with van der Waals surface area (Å²) in [6.45, 7) is 3.33. The summed E-state index contributed by atoms with van der Waals surface area (Å²) in [6, 6.07) is 5.20. The average Bonchev–Trinajstić information content (AvgIpc) is 2.66. The van der Waals surface area contributed by atoms with Crippen LogP contribution in [0.3, 0.4) is 0 Å². The van der Waals surface area contributed by atoms with E-state index in [9.17, 15) is 13.2 Å². The lowest BCUT2D eigenvalue weighted by atomic mass is 9.97. The first-order valence-electron chi connectivity index (χ1n) is 8.82. The molecular formula is C19H19ClF3N5O. The Balaban J connectivity index is 2.02. The number of aliphatic hydroxyl groups is 1. The van der Waals surface area contributed by atoms with Crippen LogP contribution in [0.1, 0.15) is 29.7 Å². The number of aromatic nitrogens is 3. The molecule has 0 spiro atoms. The molecule has 2 heterocycles. The molecule has 0 bridgehead atoms. The number of nitrogens with one attached hydrogen (secondary N) is 2. The van der Waals surface area contributed by atoms with Gasteiger partial charge in [-0.3, -0.25) is 0 Å². The van der Waals surface area contributed by atoms with Crippen LogP contribution in [0.25, 0.3) is 10.9 Å². The van der Waals surface area contributed by atoms with Gasteiger partial charge in [0.15, 0.2) is 0 Å². The maximum absolute atomic E-state index is 13.3. The van der Waals surface area contributed by atoms with E-state index in [2.05, 4.69) is 25.6 Å². The van der Waals surface area contributed by atoms with Crippen molar-refractivity contribution in [3.63, 3.8) is 0 Å². The average molecular weight is 426 g/mol. The zero-order chi connectivity index (χ0) is 21.2. The summed E-state index contributed by atoms with van der Waals surface area (Å²) in [5, 5.41) is 15.9. The van der Waals surface area contributed by atoms with Crippen molar-refractivity contribution in [1.82, 2.24) is 15.0 Å². The van der Waals surface area contributed by atoms with E-state index in [1.54, 1.807) is 19.1 Å². The Hall–Kier alpha value is -2.65. The summed E-state index contributed by atoms with van der Waals surface area (Å²) in [4.78, 5) is 12.7. The van der Waals surface area contributed by atoms with Crippen LogP contribution >= 0.6 is 11.6 Å². The topological polar surface area (TPSA) is 83.0 Å². The van der Waals surface area contributed by atoms with Gasteiger partial charge in [-0.2, -0.15) is 18.2 Å². The summed E-state index contributed by atoms with van der Waals surface area (Å²) >= 11 is 6.00. The molecule has 1 aromatic carbocycles. The minimum absolute atomic E-state index is 0.108. The van der Waals surface area contributed by atoms with E-state index in [4.69, 9.17) is 16.7 Å². The zero-order valence-electron chi connectivity index (χ0n) is 15.7. The second-order valence-corrected chi connectivity index (χ2v) is 6.84. The Labute approximate surface area is 170 Å². The van der Waals surface area contributed by atoms with E-state index in [1.165, 1.54) is 19.2 Å².